The Morgan fingerprint density at radius 3 is 2.50 bits per heavy atom. The Morgan fingerprint density at radius 2 is 1.84 bits per heavy atom. The van der Waals surface area contributed by atoms with Crippen LogP contribution in [-0.4, -0.2) is 51.6 Å². The fraction of sp³-hybridized carbons (Fsp3) is 0.481. The minimum absolute atomic E-state index is 0.253. The second-order valence-corrected chi connectivity index (χ2v) is 10.3. The first-order chi connectivity index (χ1) is 15.3. The van der Waals surface area contributed by atoms with Gasteiger partial charge in [0.25, 0.3) is 0 Å². The summed E-state index contributed by atoms with van der Waals surface area (Å²) in [4.78, 5) is 19.0. The lowest BCUT2D eigenvalue weighted by molar-refractivity contribution is 0.0903. The first-order valence-electron chi connectivity index (χ1n) is 11.7. The van der Waals surface area contributed by atoms with Crippen molar-refractivity contribution in [2.45, 2.75) is 52.5 Å². The topological polar surface area (TPSA) is 58.4 Å². The van der Waals surface area contributed by atoms with Gasteiger partial charge in [0.1, 0.15) is 12.3 Å². The fourth-order valence-electron chi connectivity index (χ4n) is 4.51. The van der Waals surface area contributed by atoms with Crippen molar-refractivity contribution in [3.63, 3.8) is 0 Å². The van der Waals surface area contributed by atoms with Gasteiger partial charge in [0.05, 0.1) is 0 Å². The van der Waals surface area contributed by atoms with E-state index in [9.17, 15) is 4.79 Å². The van der Waals surface area contributed by atoms with E-state index in [1.54, 1.807) is 12.1 Å². The maximum atomic E-state index is 11.6. The number of pyridine rings is 1. The Bertz CT molecular complexity index is 1050. The molecule has 0 radical (unpaired) electrons. The van der Waals surface area contributed by atoms with Gasteiger partial charge in [-0.15, -0.1) is 0 Å². The standard InChI is InChI=1S/C27H35N3O2/c1-27(2,3)11-15-29-12-8-21(9-13-29)24-16-23-10-14-30(26(23)28-17-24)18-20-4-6-22(7-5-20)25(32)19-31/h4-7,10,14,16-17,21,31H,8-9,11-13,15,18-19H2,1-3H3. The number of carbonyl (C=O) groups is 1. The highest BCUT2D eigenvalue weighted by Gasteiger charge is 2.22. The van der Waals surface area contributed by atoms with Gasteiger partial charge in [0.2, 0.25) is 0 Å². The van der Waals surface area contributed by atoms with Gasteiger partial charge in [-0.25, -0.2) is 4.98 Å². The predicted molar refractivity (Wildman–Crippen MR) is 129 cm³/mol. The van der Waals surface area contributed by atoms with Gasteiger partial charge in [-0.2, -0.15) is 0 Å². The molecular weight excluding hydrogens is 398 g/mol. The molecule has 5 nitrogen and oxygen atoms in total. The van der Waals surface area contributed by atoms with E-state index in [-0.39, 0.29) is 5.78 Å². The van der Waals surface area contributed by atoms with Crippen LogP contribution in [0.1, 0.15) is 67.4 Å². The Balaban J connectivity index is 1.39. The first-order valence-corrected chi connectivity index (χ1v) is 11.7. The normalized spacial score (nSPS) is 16.0. The van der Waals surface area contributed by atoms with Gasteiger partial charge < -0.3 is 14.6 Å². The van der Waals surface area contributed by atoms with Crippen molar-refractivity contribution in [1.29, 1.82) is 0 Å². The van der Waals surface area contributed by atoms with E-state index in [1.165, 1.54) is 49.8 Å². The molecule has 1 fully saturated rings. The molecule has 0 unspecified atom stereocenters. The molecule has 5 heteroatoms. The summed E-state index contributed by atoms with van der Waals surface area (Å²) in [5, 5.41) is 10.2. The Morgan fingerprint density at radius 1 is 1.12 bits per heavy atom. The molecule has 0 aliphatic carbocycles. The third-order valence-electron chi connectivity index (χ3n) is 6.63. The number of likely N-dealkylation sites (tertiary alicyclic amines) is 1. The quantitative estimate of drug-likeness (QED) is 0.540. The minimum atomic E-state index is -0.455. The number of ketones is 1. The number of aliphatic hydroxyl groups is 1. The second kappa shape index (κ2) is 9.55. The lowest BCUT2D eigenvalue weighted by atomic mass is 9.88. The van der Waals surface area contributed by atoms with Crippen LogP contribution < -0.4 is 0 Å². The molecule has 1 saturated heterocycles. The molecular formula is C27H35N3O2. The molecule has 3 heterocycles. The van der Waals surface area contributed by atoms with Crippen molar-refractivity contribution in [1.82, 2.24) is 14.5 Å². The van der Waals surface area contributed by atoms with Gasteiger partial charge in [-0.3, -0.25) is 4.79 Å². The smallest absolute Gasteiger partial charge is 0.188 e. The van der Waals surface area contributed by atoms with Crippen LogP contribution >= 0.6 is 0 Å². The number of rotatable bonds is 7. The van der Waals surface area contributed by atoms with Gasteiger partial charge in [-0.05, 0) is 73.5 Å². The van der Waals surface area contributed by atoms with Gasteiger partial charge in [-0.1, -0.05) is 45.0 Å². The van der Waals surface area contributed by atoms with Crippen molar-refractivity contribution >= 4 is 16.8 Å². The summed E-state index contributed by atoms with van der Waals surface area (Å²) >= 11 is 0. The van der Waals surface area contributed by atoms with Gasteiger partial charge >= 0.3 is 0 Å². The molecule has 170 valence electrons. The fourth-order valence-corrected chi connectivity index (χ4v) is 4.51. The van der Waals surface area contributed by atoms with Crippen molar-refractivity contribution in [2.75, 3.05) is 26.2 Å². The SMILES string of the molecule is CC(C)(C)CCN1CCC(c2cnc3c(ccn3Cc3ccc(C(=O)CO)cc3)c2)CC1. The zero-order chi connectivity index (χ0) is 22.7. The number of Topliss-reactive ketones (excluding diaryl/α,β-unsaturated/α-hetero) is 1. The zero-order valence-corrected chi connectivity index (χ0v) is 19.6. The third-order valence-corrected chi connectivity index (χ3v) is 6.63. The highest BCUT2D eigenvalue weighted by Crippen LogP contribution is 2.30. The molecule has 0 bridgehead atoms. The molecule has 0 atom stereocenters. The number of hydrogen-bond donors (Lipinski definition) is 1. The second-order valence-electron chi connectivity index (χ2n) is 10.3. The monoisotopic (exact) mass is 433 g/mol. The van der Waals surface area contributed by atoms with E-state index >= 15 is 0 Å². The maximum Gasteiger partial charge on any atom is 0.188 e. The van der Waals surface area contributed by atoms with Crippen LogP contribution in [0.25, 0.3) is 11.0 Å². The van der Waals surface area contributed by atoms with Crippen LogP contribution in [0.4, 0.5) is 0 Å². The molecule has 0 saturated carbocycles. The number of hydrogen-bond acceptors (Lipinski definition) is 4. The summed E-state index contributed by atoms with van der Waals surface area (Å²) < 4.78 is 2.15. The van der Waals surface area contributed by atoms with Crippen LogP contribution in [-0.2, 0) is 6.54 Å². The third kappa shape index (κ3) is 5.45. The van der Waals surface area contributed by atoms with Crippen molar-refractivity contribution in [2.24, 2.45) is 5.41 Å². The van der Waals surface area contributed by atoms with Gasteiger partial charge in [0.15, 0.2) is 5.78 Å². The molecule has 1 aliphatic heterocycles. The predicted octanol–water partition coefficient (Wildman–Crippen LogP) is 4.88. The molecule has 0 spiro atoms. The summed E-state index contributed by atoms with van der Waals surface area (Å²) in [6.45, 7) is 10.8. The highest BCUT2D eigenvalue weighted by molar-refractivity contribution is 5.96. The summed E-state index contributed by atoms with van der Waals surface area (Å²) in [5.74, 6) is 0.343. The van der Waals surface area contributed by atoms with Gasteiger partial charge in [0, 0.05) is 29.9 Å². The average Bonchev–Trinajstić information content (AvgIpc) is 3.19. The highest BCUT2D eigenvalue weighted by atomic mass is 16.3. The van der Waals surface area contributed by atoms with Crippen LogP contribution in [0.2, 0.25) is 0 Å². The summed E-state index contributed by atoms with van der Waals surface area (Å²) in [7, 11) is 0. The number of piperidine rings is 1. The van der Waals surface area contributed by atoms with Crippen LogP contribution in [0.15, 0.2) is 48.8 Å². The molecule has 4 rings (SSSR count). The molecule has 1 N–H and O–H groups in total. The number of aliphatic hydroxyl groups excluding tert-OH is 1. The number of benzene rings is 1. The number of carbonyl (C=O) groups excluding carboxylic acids is 1. The molecule has 1 aromatic carbocycles. The van der Waals surface area contributed by atoms with E-state index in [1.807, 2.05) is 12.1 Å². The molecule has 3 aromatic rings. The minimum Gasteiger partial charge on any atom is -0.388 e. The van der Waals surface area contributed by atoms with E-state index < -0.39 is 6.61 Å². The molecule has 32 heavy (non-hydrogen) atoms. The summed E-state index contributed by atoms with van der Waals surface area (Å²) in [5.41, 5.74) is 4.40. The molecule has 2 aromatic heterocycles. The lowest BCUT2D eigenvalue weighted by Gasteiger charge is -2.33. The zero-order valence-electron chi connectivity index (χ0n) is 19.6. The Hall–Kier alpha value is -2.50. The number of aromatic nitrogens is 2. The number of nitrogens with zero attached hydrogens (tertiary/aromatic N) is 3. The van der Waals surface area contributed by atoms with Crippen LogP contribution in [0.3, 0.4) is 0 Å². The van der Waals surface area contributed by atoms with E-state index in [2.05, 4.69) is 54.8 Å². The van der Waals surface area contributed by atoms with Crippen molar-refractivity contribution in [3.05, 3.63) is 65.5 Å². The van der Waals surface area contributed by atoms with E-state index in [0.29, 0.717) is 23.4 Å². The average molecular weight is 434 g/mol. The Kier molecular flexibility index (Phi) is 6.77. The Labute approximate surface area is 191 Å². The van der Waals surface area contributed by atoms with Crippen molar-refractivity contribution in [3.8, 4) is 0 Å². The summed E-state index contributed by atoms with van der Waals surface area (Å²) in [6, 6.07) is 11.9. The lowest BCUT2D eigenvalue weighted by Crippen LogP contribution is -2.35. The van der Waals surface area contributed by atoms with Crippen molar-refractivity contribution < 1.29 is 9.90 Å². The van der Waals surface area contributed by atoms with E-state index in [0.717, 1.165) is 11.2 Å². The maximum absolute atomic E-state index is 11.6. The van der Waals surface area contributed by atoms with E-state index in [4.69, 9.17) is 10.1 Å². The van der Waals surface area contributed by atoms with Crippen LogP contribution in [0.5, 0.6) is 0 Å². The number of fused-ring (bicyclic) bond motifs is 1. The first kappa shape index (κ1) is 22.7. The molecule has 1 aliphatic rings. The summed E-state index contributed by atoms with van der Waals surface area (Å²) in [6.07, 6.45) is 7.81. The van der Waals surface area contributed by atoms with Crippen LogP contribution in [0, 0.1) is 5.41 Å². The largest absolute Gasteiger partial charge is 0.388 e. The molecule has 0 amide bonds.